The number of pyridine rings is 1. The zero-order valence-electron chi connectivity index (χ0n) is 12.2. The topological polar surface area (TPSA) is 66.7 Å². The van der Waals surface area contributed by atoms with E-state index in [2.05, 4.69) is 9.88 Å². The van der Waals surface area contributed by atoms with E-state index in [-0.39, 0.29) is 6.04 Å². The molecule has 0 atom stereocenters. The molecular weight excluding hydrogens is 290 g/mol. The molecule has 2 aromatic rings. The van der Waals surface area contributed by atoms with Gasteiger partial charge in [0.15, 0.2) is 0 Å². The van der Waals surface area contributed by atoms with E-state index < -0.39 is 10.0 Å². The van der Waals surface area contributed by atoms with Crippen molar-refractivity contribution < 1.29 is 12.8 Å². The zero-order valence-corrected chi connectivity index (χ0v) is 13.0. The molecule has 0 saturated carbocycles. The van der Waals surface area contributed by atoms with Gasteiger partial charge in [-0.15, -0.1) is 0 Å². The molecule has 114 valence electrons. The third kappa shape index (κ3) is 2.75. The van der Waals surface area contributed by atoms with Crippen LogP contribution in [-0.4, -0.2) is 50.1 Å². The van der Waals surface area contributed by atoms with E-state index in [4.69, 9.17) is 4.42 Å². The highest BCUT2D eigenvalue weighted by Crippen LogP contribution is 2.28. The molecule has 0 N–H and O–H groups in total. The molecule has 21 heavy (non-hydrogen) atoms. The van der Waals surface area contributed by atoms with Crippen molar-refractivity contribution in [2.45, 2.75) is 18.9 Å². The van der Waals surface area contributed by atoms with Crippen molar-refractivity contribution in [3.63, 3.8) is 0 Å². The van der Waals surface area contributed by atoms with Crippen molar-refractivity contribution in [3.05, 3.63) is 24.6 Å². The Hall–Kier alpha value is -1.60. The average molecular weight is 309 g/mol. The Morgan fingerprint density at radius 1 is 1.33 bits per heavy atom. The van der Waals surface area contributed by atoms with E-state index in [1.54, 1.807) is 19.5 Å². The number of hydrogen-bond donors (Lipinski definition) is 0. The normalized spacial score (nSPS) is 17.8. The predicted molar refractivity (Wildman–Crippen MR) is 81.9 cm³/mol. The first-order valence-electron chi connectivity index (χ1n) is 6.97. The molecule has 3 rings (SSSR count). The molecule has 1 saturated heterocycles. The lowest BCUT2D eigenvalue weighted by atomic mass is 10.1. The van der Waals surface area contributed by atoms with Gasteiger partial charge >= 0.3 is 0 Å². The number of piperidine rings is 1. The monoisotopic (exact) mass is 309 g/mol. The van der Waals surface area contributed by atoms with Crippen molar-refractivity contribution >= 4 is 26.8 Å². The second-order valence-corrected chi connectivity index (χ2v) is 7.51. The van der Waals surface area contributed by atoms with Crippen molar-refractivity contribution in [3.8, 4) is 0 Å². The highest BCUT2D eigenvalue weighted by molar-refractivity contribution is 7.88. The van der Waals surface area contributed by atoms with Crippen LogP contribution in [-0.2, 0) is 10.0 Å². The van der Waals surface area contributed by atoms with Gasteiger partial charge in [-0.3, -0.25) is 0 Å². The van der Waals surface area contributed by atoms with Crippen LogP contribution in [0.1, 0.15) is 12.8 Å². The smallest absolute Gasteiger partial charge is 0.211 e. The Balaban J connectivity index is 1.76. The number of furan rings is 1. The van der Waals surface area contributed by atoms with Crippen LogP contribution in [0.2, 0.25) is 0 Å². The fourth-order valence-electron chi connectivity index (χ4n) is 2.84. The van der Waals surface area contributed by atoms with Gasteiger partial charge in [-0.1, -0.05) is 0 Å². The first kappa shape index (κ1) is 14.3. The fraction of sp³-hybridized carbons (Fsp3) is 0.500. The average Bonchev–Trinajstić information content (AvgIpc) is 2.94. The summed E-state index contributed by atoms with van der Waals surface area (Å²) in [5.41, 5.74) is 0.829. The van der Waals surface area contributed by atoms with E-state index in [1.165, 1.54) is 10.6 Å². The van der Waals surface area contributed by atoms with Crippen molar-refractivity contribution in [2.24, 2.45) is 0 Å². The van der Waals surface area contributed by atoms with Gasteiger partial charge in [0.1, 0.15) is 11.4 Å². The molecule has 0 bridgehead atoms. The minimum Gasteiger partial charge on any atom is -0.464 e. The van der Waals surface area contributed by atoms with Crippen LogP contribution in [0.15, 0.2) is 29.0 Å². The predicted octanol–water partition coefficient (Wildman–Crippen LogP) is 1.69. The quantitative estimate of drug-likeness (QED) is 0.863. The van der Waals surface area contributed by atoms with Crippen LogP contribution in [0.4, 0.5) is 5.82 Å². The summed E-state index contributed by atoms with van der Waals surface area (Å²) < 4.78 is 30.1. The van der Waals surface area contributed by atoms with Crippen molar-refractivity contribution in [1.29, 1.82) is 0 Å². The SMILES string of the molecule is CN(C1CCN(c2nccc3occc23)CC1)S(C)(=O)=O. The first-order valence-corrected chi connectivity index (χ1v) is 8.82. The molecule has 3 heterocycles. The summed E-state index contributed by atoms with van der Waals surface area (Å²) in [5, 5.41) is 1.01. The molecule has 0 aliphatic carbocycles. The van der Waals surface area contributed by atoms with Gasteiger partial charge in [0, 0.05) is 32.4 Å². The summed E-state index contributed by atoms with van der Waals surface area (Å²) in [6.07, 6.45) is 6.28. The molecule has 0 amide bonds. The zero-order chi connectivity index (χ0) is 15.0. The number of rotatable bonds is 3. The second kappa shape index (κ2) is 5.31. The molecule has 1 aliphatic heterocycles. The highest BCUT2D eigenvalue weighted by Gasteiger charge is 2.28. The van der Waals surface area contributed by atoms with Gasteiger partial charge in [0.2, 0.25) is 10.0 Å². The Morgan fingerprint density at radius 2 is 2.05 bits per heavy atom. The Labute approximate surface area is 124 Å². The van der Waals surface area contributed by atoms with E-state index >= 15 is 0 Å². The van der Waals surface area contributed by atoms with Gasteiger partial charge in [-0.25, -0.2) is 17.7 Å². The first-order chi connectivity index (χ1) is 9.97. The number of hydrogen-bond acceptors (Lipinski definition) is 5. The van der Waals surface area contributed by atoms with Crippen LogP contribution in [0.25, 0.3) is 11.0 Å². The Bertz CT molecular complexity index is 733. The van der Waals surface area contributed by atoms with Crippen molar-refractivity contribution in [1.82, 2.24) is 9.29 Å². The largest absolute Gasteiger partial charge is 0.464 e. The number of fused-ring (bicyclic) bond motifs is 1. The lowest BCUT2D eigenvalue weighted by Gasteiger charge is -2.36. The summed E-state index contributed by atoms with van der Waals surface area (Å²) in [6, 6.07) is 3.84. The summed E-state index contributed by atoms with van der Waals surface area (Å²) in [7, 11) is -1.47. The van der Waals surface area contributed by atoms with Gasteiger partial charge in [-0.2, -0.15) is 0 Å². The molecule has 7 heteroatoms. The van der Waals surface area contributed by atoms with Crippen LogP contribution < -0.4 is 4.90 Å². The molecular formula is C14H19N3O3S. The maximum atomic E-state index is 11.6. The minimum atomic E-state index is -3.13. The molecule has 1 fully saturated rings. The Kier molecular flexibility index (Phi) is 3.62. The molecule has 0 spiro atoms. The van der Waals surface area contributed by atoms with Crippen LogP contribution >= 0.6 is 0 Å². The molecule has 0 unspecified atom stereocenters. The third-order valence-corrected chi connectivity index (χ3v) is 5.50. The van der Waals surface area contributed by atoms with Gasteiger partial charge in [-0.05, 0) is 25.0 Å². The maximum absolute atomic E-state index is 11.6. The van der Waals surface area contributed by atoms with Gasteiger partial charge < -0.3 is 9.32 Å². The fourth-order valence-corrected chi connectivity index (χ4v) is 3.60. The number of anilines is 1. The highest BCUT2D eigenvalue weighted by atomic mass is 32.2. The summed E-state index contributed by atoms with van der Waals surface area (Å²) in [4.78, 5) is 6.65. The van der Waals surface area contributed by atoms with Crippen molar-refractivity contribution in [2.75, 3.05) is 31.3 Å². The molecule has 0 aromatic carbocycles. The molecule has 6 nitrogen and oxygen atoms in total. The number of aromatic nitrogens is 1. The standard InChI is InChI=1S/C14H19N3O3S/c1-16(21(2,18)19)11-4-8-17(9-5-11)14-12-6-10-20-13(12)3-7-15-14/h3,6-7,10-11H,4-5,8-9H2,1-2H3. The molecule has 0 radical (unpaired) electrons. The summed E-state index contributed by atoms with van der Waals surface area (Å²) >= 11 is 0. The summed E-state index contributed by atoms with van der Waals surface area (Å²) in [5.74, 6) is 0.918. The van der Waals surface area contributed by atoms with Gasteiger partial charge in [0.05, 0.1) is 17.9 Å². The lowest BCUT2D eigenvalue weighted by Crippen LogP contribution is -2.45. The third-order valence-electron chi connectivity index (χ3n) is 4.16. The van der Waals surface area contributed by atoms with Gasteiger partial charge in [0.25, 0.3) is 0 Å². The molecule has 1 aliphatic rings. The van der Waals surface area contributed by atoms with Crippen LogP contribution in [0, 0.1) is 0 Å². The van der Waals surface area contributed by atoms with Crippen LogP contribution in [0.3, 0.4) is 0 Å². The Morgan fingerprint density at radius 3 is 2.71 bits per heavy atom. The summed E-state index contributed by atoms with van der Waals surface area (Å²) in [6.45, 7) is 1.59. The van der Waals surface area contributed by atoms with E-state index in [0.29, 0.717) is 0 Å². The second-order valence-electron chi connectivity index (χ2n) is 5.46. The number of sulfonamides is 1. The minimum absolute atomic E-state index is 0.0693. The molecule has 2 aromatic heterocycles. The van der Waals surface area contributed by atoms with Crippen LogP contribution in [0.5, 0.6) is 0 Å². The van der Waals surface area contributed by atoms with E-state index in [1.807, 2.05) is 12.1 Å². The number of nitrogens with zero attached hydrogens (tertiary/aromatic N) is 3. The maximum Gasteiger partial charge on any atom is 0.211 e. The van der Waals surface area contributed by atoms with E-state index in [9.17, 15) is 8.42 Å². The van der Waals surface area contributed by atoms with E-state index in [0.717, 1.165) is 42.7 Å². The lowest BCUT2D eigenvalue weighted by molar-refractivity contribution is 0.313.